The molecule has 3 heterocycles. The Morgan fingerprint density at radius 3 is 2.57 bits per heavy atom. The zero-order valence-electron chi connectivity index (χ0n) is 20.6. The number of hydrogen-bond acceptors (Lipinski definition) is 5. The zero-order chi connectivity index (χ0) is 26.0. The van der Waals surface area contributed by atoms with Crippen LogP contribution < -0.4 is 15.4 Å². The Balaban J connectivity index is 1.41. The first-order chi connectivity index (χ1) is 17.8. The molecule has 37 heavy (non-hydrogen) atoms. The van der Waals surface area contributed by atoms with Crippen molar-refractivity contribution >= 4 is 28.4 Å². The summed E-state index contributed by atoms with van der Waals surface area (Å²) in [4.78, 5) is 21.3. The number of halogens is 1. The Morgan fingerprint density at radius 2 is 1.78 bits per heavy atom. The lowest BCUT2D eigenvalue weighted by atomic mass is 9.92. The number of pyridine rings is 2. The molecule has 0 saturated carbocycles. The Morgan fingerprint density at radius 1 is 0.946 bits per heavy atom. The predicted octanol–water partition coefficient (Wildman–Crippen LogP) is 6.69. The van der Waals surface area contributed by atoms with Gasteiger partial charge in [0.25, 0.3) is 0 Å². The minimum atomic E-state index is -0.624. The number of nitrogens with one attached hydrogen (secondary N) is 2. The lowest BCUT2D eigenvalue weighted by molar-refractivity contribution is 0.262. The van der Waals surface area contributed by atoms with Gasteiger partial charge in [0.1, 0.15) is 23.1 Å². The molecule has 5 rings (SSSR count). The maximum absolute atomic E-state index is 14.5. The van der Waals surface area contributed by atoms with Gasteiger partial charge in [0.05, 0.1) is 28.8 Å². The molecule has 0 aliphatic rings. The summed E-state index contributed by atoms with van der Waals surface area (Å²) in [6, 6.07) is 18.3. The van der Waals surface area contributed by atoms with E-state index in [0.29, 0.717) is 17.3 Å². The minimum Gasteiger partial charge on any atom is -0.456 e. The quantitative estimate of drug-likeness (QED) is 0.283. The van der Waals surface area contributed by atoms with Crippen LogP contribution in [0, 0.1) is 5.82 Å². The number of hydrogen-bond donors (Lipinski definition) is 2. The van der Waals surface area contributed by atoms with Crippen molar-refractivity contribution in [2.24, 2.45) is 0 Å². The number of carbonyl (C=O) groups is 1. The van der Waals surface area contributed by atoms with Crippen LogP contribution in [-0.2, 0) is 5.41 Å². The van der Waals surface area contributed by atoms with Gasteiger partial charge in [-0.05, 0) is 48.5 Å². The van der Waals surface area contributed by atoms with Gasteiger partial charge in [0, 0.05) is 35.3 Å². The number of aromatic nitrogens is 4. The van der Waals surface area contributed by atoms with Crippen LogP contribution in [0.4, 0.5) is 20.7 Å². The van der Waals surface area contributed by atoms with E-state index in [-0.39, 0.29) is 11.1 Å². The normalized spacial score (nSPS) is 11.4. The fourth-order valence-electron chi connectivity index (χ4n) is 3.71. The first kappa shape index (κ1) is 23.9. The van der Waals surface area contributed by atoms with Gasteiger partial charge >= 0.3 is 6.03 Å². The average Bonchev–Trinajstić information content (AvgIpc) is 3.30. The zero-order valence-corrected chi connectivity index (χ0v) is 20.6. The number of carbonyl (C=O) groups excluding carboxylic acids is 1. The number of rotatable bonds is 5. The van der Waals surface area contributed by atoms with Crippen LogP contribution in [0.5, 0.6) is 11.5 Å². The van der Waals surface area contributed by atoms with Crippen LogP contribution in [-0.4, -0.2) is 25.8 Å². The second-order valence-corrected chi connectivity index (χ2v) is 9.47. The van der Waals surface area contributed by atoms with E-state index in [4.69, 9.17) is 9.84 Å². The molecule has 186 valence electrons. The van der Waals surface area contributed by atoms with Gasteiger partial charge in [0.2, 0.25) is 0 Å². The van der Waals surface area contributed by atoms with Gasteiger partial charge in [-0.15, -0.1) is 0 Å². The molecule has 9 heteroatoms. The maximum Gasteiger partial charge on any atom is 0.324 e. The third-order valence-corrected chi connectivity index (χ3v) is 5.61. The van der Waals surface area contributed by atoms with Crippen LogP contribution in [0.2, 0.25) is 0 Å². The molecule has 0 aliphatic heterocycles. The Labute approximate surface area is 213 Å². The second kappa shape index (κ2) is 9.69. The van der Waals surface area contributed by atoms with Crippen LogP contribution in [0.1, 0.15) is 26.5 Å². The summed E-state index contributed by atoms with van der Waals surface area (Å²) in [5, 5.41) is 11.1. The van der Waals surface area contributed by atoms with Crippen molar-refractivity contribution < 1.29 is 13.9 Å². The van der Waals surface area contributed by atoms with Crippen molar-refractivity contribution in [1.82, 2.24) is 19.7 Å². The molecule has 2 aromatic carbocycles. The number of amides is 2. The summed E-state index contributed by atoms with van der Waals surface area (Å²) in [6.45, 7) is 6.12. The average molecular weight is 497 g/mol. The molecule has 0 unspecified atom stereocenters. The molecule has 0 fully saturated rings. The third-order valence-electron chi connectivity index (χ3n) is 5.61. The lowest BCUT2D eigenvalue weighted by Gasteiger charge is -2.14. The molecule has 0 atom stereocenters. The van der Waals surface area contributed by atoms with Gasteiger partial charge < -0.3 is 10.1 Å². The molecule has 0 aliphatic carbocycles. The molecule has 0 radical (unpaired) electrons. The van der Waals surface area contributed by atoms with Crippen molar-refractivity contribution in [3.63, 3.8) is 0 Å². The molecular weight excluding hydrogens is 471 g/mol. The van der Waals surface area contributed by atoms with Crippen molar-refractivity contribution in [1.29, 1.82) is 0 Å². The topological polar surface area (TPSA) is 94.0 Å². The van der Waals surface area contributed by atoms with E-state index < -0.39 is 11.8 Å². The molecule has 5 aromatic rings. The number of urea groups is 1. The molecule has 0 bridgehead atoms. The fraction of sp³-hybridized carbons (Fsp3) is 0.143. The molecular formula is C28H25FN6O2. The van der Waals surface area contributed by atoms with Gasteiger partial charge in [-0.2, -0.15) is 5.10 Å². The van der Waals surface area contributed by atoms with E-state index in [1.165, 1.54) is 18.2 Å². The standard InChI is InChI=1S/C28H25FN6O2/c1-28(2,3)25-16-26(35(34-25)19-8-11-23-18(14-19)6-4-13-31-23)33-27(36)32-24-15-20(9-10-22(24)29)37-21-7-5-12-30-17-21/h4-17H,1-3H3,(H2,32,33,36). The number of benzene rings is 2. The SMILES string of the molecule is CC(C)(C)c1cc(NC(=O)Nc2cc(Oc3cccnc3)ccc2F)n(-c2ccc3ncccc3c2)n1. The summed E-state index contributed by atoms with van der Waals surface area (Å²) in [5.74, 6) is 0.691. The lowest BCUT2D eigenvalue weighted by Crippen LogP contribution is -2.22. The number of anilines is 2. The third kappa shape index (κ3) is 5.40. The van der Waals surface area contributed by atoms with Crippen LogP contribution in [0.25, 0.3) is 16.6 Å². The van der Waals surface area contributed by atoms with E-state index >= 15 is 0 Å². The highest BCUT2D eigenvalue weighted by atomic mass is 19.1. The number of fused-ring (bicyclic) bond motifs is 1. The van der Waals surface area contributed by atoms with E-state index in [0.717, 1.165) is 22.3 Å². The first-order valence-corrected chi connectivity index (χ1v) is 11.7. The van der Waals surface area contributed by atoms with Gasteiger partial charge in [-0.1, -0.05) is 26.8 Å². The second-order valence-electron chi connectivity index (χ2n) is 9.47. The van der Waals surface area contributed by atoms with Gasteiger partial charge in [-0.3, -0.25) is 15.3 Å². The predicted molar refractivity (Wildman–Crippen MR) is 141 cm³/mol. The molecule has 2 amide bonds. The largest absolute Gasteiger partial charge is 0.456 e. The summed E-state index contributed by atoms with van der Waals surface area (Å²) < 4.78 is 21.9. The smallest absolute Gasteiger partial charge is 0.324 e. The Hall–Kier alpha value is -4.79. The molecule has 0 saturated heterocycles. The molecule has 8 nitrogen and oxygen atoms in total. The monoisotopic (exact) mass is 496 g/mol. The molecule has 3 aromatic heterocycles. The van der Waals surface area contributed by atoms with Gasteiger partial charge in [-0.25, -0.2) is 13.9 Å². The first-order valence-electron chi connectivity index (χ1n) is 11.7. The van der Waals surface area contributed by atoms with Crippen LogP contribution in [0.15, 0.2) is 85.3 Å². The highest BCUT2D eigenvalue weighted by Crippen LogP contribution is 2.29. The number of ether oxygens (including phenoxy) is 1. The highest BCUT2D eigenvalue weighted by Gasteiger charge is 2.22. The summed E-state index contributed by atoms with van der Waals surface area (Å²) in [5.41, 5.74) is 2.10. The molecule has 0 spiro atoms. The van der Waals surface area contributed by atoms with Gasteiger partial charge in [0.15, 0.2) is 0 Å². The fourth-order valence-corrected chi connectivity index (χ4v) is 3.71. The van der Waals surface area contributed by atoms with Crippen molar-refractivity contribution in [2.75, 3.05) is 10.6 Å². The summed E-state index contributed by atoms with van der Waals surface area (Å²) >= 11 is 0. The van der Waals surface area contributed by atoms with Crippen molar-refractivity contribution in [3.8, 4) is 17.2 Å². The van der Waals surface area contributed by atoms with Crippen molar-refractivity contribution in [3.05, 3.63) is 96.8 Å². The minimum absolute atomic E-state index is 0.0298. The number of nitrogens with zero attached hydrogens (tertiary/aromatic N) is 4. The Kier molecular flexibility index (Phi) is 6.27. The van der Waals surface area contributed by atoms with E-state index in [9.17, 15) is 9.18 Å². The van der Waals surface area contributed by atoms with Crippen LogP contribution in [0.3, 0.4) is 0 Å². The maximum atomic E-state index is 14.5. The Bertz CT molecular complexity index is 1580. The van der Waals surface area contributed by atoms with Crippen molar-refractivity contribution in [2.45, 2.75) is 26.2 Å². The summed E-state index contributed by atoms with van der Waals surface area (Å²) in [6.07, 6.45) is 4.90. The highest BCUT2D eigenvalue weighted by molar-refractivity contribution is 5.99. The van der Waals surface area contributed by atoms with E-state index in [2.05, 4.69) is 20.6 Å². The van der Waals surface area contributed by atoms with Crippen LogP contribution >= 0.6 is 0 Å². The van der Waals surface area contributed by atoms with E-state index in [1.54, 1.807) is 35.4 Å². The molecule has 2 N–H and O–H groups in total. The summed E-state index contributed by atoms with van der Waals surface area (Å²) in [7, 11) is 0. The van der Waals surface area contributed by atoms with E-state index in [1.807, 2.05) is 57.2 Å².